The molecule has 15 heavy (non-hydrogen) atoms. The van der Waals surface area contributed by atoms with Crippen LogP contribution in [-0.4, -0.2) is 24.4 Å². The zero-order valence-corrected chi connectivity index (χ0v) is 9.36. The highest BCUT2D eigenvalue weighted by Gasteiger charge is 2.07. The van der Waals surface area contributed by atoms with E-state index in [0.717, 1.165) is 5.56 Å². The predicted octanol–water partition coefficient (Wildman–Crippen LogP) is 1.30. The Balaban J connectivity index is 2.54. The number of hydrogen-bond donors (Lipinski definition) is 1. The van der Waals surface area contributed by atoms with Gasteiger partial charge in [-0.25, -0.2) is 0 Å². The van der Waals surface area contributed by atoms with Crippen LogP contribution in [0.25, 0.3) is 0 Å². The SMILES string of the molecule is Cc1ccc(CN(C)C(=O)CCN)cc1. The van der Waals surface area contributed by atoms with E-state index in [1.807, 2.05) is 19.1 Å². The van der Waals surface area contributed by atoms with Crippen LogP contribution in [-0.2, 0) is 11.3 Å². The summed E-state index contributed by atoms with van der Waals surface area (Å²) in [5.74, 6) is 0.0954. The Hall–Kier alpha value is -1.35. The Morgan fingerprint density at radius 1 is 1.33 bits per heavy atom. The lowest BCUT2D eigenvalue weighted by Gasteiger charge is -2.16. The molecule has 0 aliphatic rings. The van der Waals surface area contributed by atoms with Crippen molar-refractivity contribution in [3.8, 4) is 0 Å². The second-order valence-electron chi connectivity index (χ2n) is 3.77. The lowest BCUT2D eigenvalue weighted by atomic mass is 10.1. The van der Waals surface area contributed by atoms with E-state index in [1.54, 1.807) is 11.9 Å². The average Bonchev–Trinajstić information content (AvgIpc) is 2.22. The molecule has 2 N–H and O–H groups in total. The fraction of sp³-hybridized carbons (Fsp3) is 0.417. The van der Waals surface area contributed by atoms with Gasteiger partial charge in [0.25, 0.3) is 0 Å². The van der Waals surface area contributed by atoms with Gasteiger partial charge in [-0.2, -0.15) is 0 Å². The molecule has 0 heterocycles. The Bertz CT molecular complexity index is 319. The van der Waals surface area contributed by atoms with Crippen molar-refractivity contribution in [1.29, 1.82) is 0 Å². The van der Waals surface area contributed by atoms with Gasteiger partial charge in [0.1, 0.15) is 0 Å². The molecule has 0 aliphatic heterocycles. The van der Waals surface area contributed by atoms with Crippen molar-refractivity contribution in [2.45, 2.75) is 19.9 Å². The van der Waals surface area contributed by atoms with Crippen molar-refractivity contribution in [2.75, 3.05) is 13.6 Å². The van der Waals surface area contributed by atoms with Gasteiger partial charge in [0, 0.05) is 26.6 Å². The number of nitrogens with zero attached hydrogens (tertiary/aromatic N) is 1. The summed E-state index contributed by atoms with van der Waals surface area (Å²) in [6, 6.07) is 8.19. The molecule has 0 aliphatic carbocycles. The van der Waals surface area contributed by atoms with E-state index < -0.39 is 0 Å². The molecule has 0 bridgehead atoms. The van der Waals surface area contributed by atoms with Crippen LogP contribution in [0, 0.1) is 6.92 Å². The molecule has 3 heteroatoms. The maximum absolute atomic E-state index is 11.5. The van der Waals surface area contributed by atoms with E-state index in [4.69, 9.17) is 5.73 Å². The minimum Gasteiger partial charge on any atom is -0.341 e. The molecule has 0 saturated heterocycles. The Labute approximate surface area is 90.9 Å². The van der Waals surface area contributed by atoms with Crippen molar-refractivity contribution >= 4 is 5.91 Å². The summed E-state index contributed by atoms with van der Waals surface area (Å²) >= 11 is 0. The summed E-state index contributed by atoms with van der Waals surface area (Å²) in [5.41, 5.74) is 7.71. The number of nitrogens with two attached hydrogens (primary N) is 1. The van der Waals surface area contributed by atoms with E-state index in [-0.39, 0.29) is 5.91 Å². The maximum Gasteiger partial charge on any atom is 0.223 e. The Morgan fingerprint density at radius 2 is 1.93 bits per heavy atom. The Kier molecular flexibility index (Phi) is 4.31. The summed E-state index contributed by atoms with van der Waals surface area (Å²) in [4.78, 5) is 13.2. The third kappa shape index (κ3) is 3.72. The smallest absolute Gasteiger partial charge is 0.223 e. The van der Waals surface area contributed by atoms with Gasteiger partial charge >= 0.3 is 0 Å². The van der Waals surface area contributed by atoms with Gasteiger partial charge in [-0.3, -0.25) is 4.79 Å². The molecule has 0 atom stereocenters. The zero-order chi connectivity index (χ0) is 11.3. The molecule has 0 spiro atoms. The van der Waals surface area contributed by atoms with Gasteiger partial charge in [-0.1, -0.05) is 29.8 Å². The van der Waals surface area contributed by atoms with E-state index in [2.05, 4.69) is 12.1 Å². The highest BCUT2D eigenvalue weighted by atomic mass is 16.2. The lowest BCUT2D eigenvalue weighted by Crippen LogP contribution is -2.27. The molecular weight excluding hydrogens is 188 g/mol. The van der Waals surface area contributed by atoms with Crippen LogP contribution in [0.1, 0.15) is 17.5 Å². The zero-order valence-electron chi connectivity index (χ0n) is 9.36. The molecule has 3 nitrogen and oxygen atoms in total. The van der Waals surface area contributed by atoms with Crippen LogP contribution in [0.15, 0.2) is 24.3 Å². The first-order chi connectivity index (χ1) is 7.13. The number of benzene rings is 1. The fourth-order valence-electron chi connectivity index (χ4n) is 1.37. The number of amides is 1. The largest absolute Gasteiger partial charge is 0.341 e. The van der Waals surface area contributed by atoms with Crippen LogP contribution >= 0.6 is 0 Å². The Morgan fingerprint density at radius 3 is 2.47 bits per heavy atom. The van der Waals surface area contributed by atoms with E-state index in [1.165, 1.54) is 5.56 Å². The monoisotopic (exact) mass is 206 g/mol. The topological polar surface area (TPSA) is 46.3 Å². The molecule has 1 amide bonds. The summed E-state index contributed by atoms with van der Waals surface area (Å²) in [6.07, 6.45) is 0.419. The second kappa shape index (κ2) is 5.51. The second-order valence-corrected chi connectivity index (χ2v) is 3.77. The van der Waals surface area contributed by atoms with Gasteiger partial charge in [-0.15, -0.1) is 0 Å². The number of carbonyl (C=O) groups excluding carboxylic acids is 1. The number of rotatable bonds is 4. The van der Waals surface area contributed by atoms with E-state index in [9.17, 15) is 4.79 Å². The van der Waals surface area contributed by atoms with Crippen molar-refractivity contribution in [3.63, 3.8) is 0 Å². The quantitative estimate of drug-likeness (QED) is 0.807. The van der Waals surface area contributed by atoms with E-state index >= 15 is 0 Å². The molecule has 0 saturated carbocycles. The van der Waals surface area contributed by atoms with Crippen molar-refractivity contribution in [1.82, 2.24) is 4.90 Å². The summed E-state index contributed by atoms with van der Waals surface area (Å²) in [6.45, 7) is 3.11. The minimum atomic E-state index is 0.0954. The number of aryl methyl sites for hydroxylation is 1. The molecule has 0 fully saturated rings. The van der Waals surface area contributed by atoms with Gasteiger partial charge < -0.3 is 10.6 Å². The summed E-state index contributed by atoms with van der Waals surface area (Å²) < 4.78 is 0. The van der Waals surface area contributed by atoms with Gasteiger partial charge in [0.05, 0.1) is 0 Å². The molecule has 1 aromatic rings. The van der Waals surface area contributed by atoms with Crippen LogP contribution in [0.2, 0.25) is 0 Å². The highest BCUT2D eigenvalue weighted by molar-refractivity contribution is 5.76. The molecule has 1 rings (SSSR count). The van der Waals surface area contributed by atoms with Crippen LogP contribution in [0.4, 0.5) is 0 Å². The van der Waals surface area contributed by atoms with Gasteiger partial charge in [0.2, 0.25) is 5.91 Å². The predicted molar refractivity (Wildman–Crippen MR) is 61.3 cm³/mol. The van der Waals surface area contributed by atoms with Crippen molar-refractivity contribution in [2.24, 2.45) is 5.73 Å². The first-order valence-corrected chi connectivity index (χ1v) is 5.13. The van der Waals surface area contributed by atoms with Crippen LogP contribution in [0.5, 0.6) is 0 Å². The molecule has 82 valence electrons. The first-order valence-electron chi connectivity index (χ1n) is 5.13. The summed E-state index contributed by atoms with van der Waals surface area (Å²) in [5, 5.41) is 0. The molecule has 0 aromatic heterocycles. The van der Waals surface area contributed by atoms with E-state index in [0.29, 0.717) is 19.5 Å². The van der Waals surface area contributed by atoms with Crippen LogP contribution < -0.4 is 5.73 Å². The van der Waals surface area contributed by atoms with Crippen molar-refractivity contribution in [3.05, 3.63) is 35.4 Å². The third-order valence-corrected chi connectivity index (χ3v) is 2.32. The van der Waals surface area contributed by atoms with Gasteiger partial charge in [-0.05, 0) is 12.5 Å². The standard InChI is InChI=1S/C12H18N2O/c1-10-3-5-11(6-4-10)9-14(2)12(15)7-8-13/h3-6H,7-9,13H2,1-2H3. The van der Waals surface area contributed by atoms with Gasteiger partial charge in [0.15, 0.2) is 0 Å². The number of hydrogen-bond acceptors (Lipinski definition) is 2. The van der Waals surface area contributed by atoms with Crippen molar-refractivity contribution < 1.29 is 4.79 Å². The molecule has 0 radical (unpaired) electrons. The molecular formula is C12H18N2O. The number of carbonyl (C=O) groups is 1. The normalized spacial score (nSPS) is 10.1. The minimum absolute atomic E-state index is 0.0954. The fourth-order valence-corrected chi connectivity index (χ4v) is 1.37. The third-order valence-electron chi connectivity index (χ3n) is 2.32. The highest BCUT2D eigenvalue weighted by Crippen LogP contribution is 2.06. The molecule has 0 unspecified atom stereocenters. The maximum atomic E-state index is 11.5. The summed E-state index contributed by atoms with van der Waals surface area (Å²) in [7, 11) is 1.80. The molecule has 1 aromatic carbocycles. The first kappa shape index (κ1) is 11.7. The lowest BCUT2D eigenvalue weighted by molar-refractivity contribution is -0.130. The van der Waals surface area contributed by atoms with Crippen LogP contribution in [0.3, 0.4) is 0 Å². The average molecular weight is 206 g/mol.